The Hall–Kier alpha value is -1.61. The number of para-hydroxylation sites is 1. The van der Waals surface area contributed by atoms with Crippen molar-refractivity contribution in [2.24, 2.45) is 5.92 Å². The molecule has 0 radical (unpaired) electrons. The topological polar surface area (TPSA) is 54.7 Å². The first-order chi connectivity index (χ1) is 11.8. The van der Waals surface area contributed by atoms with Crippen LogP contribution in [0.1, 0.15) is 24.8 Å². The summed E-state index contributed by atoms with van der Waals surface area (Å²) in [4.78, 5) is 2.47. The summed E-state index contributed by atoms with van der Waals surface area (Å²) >= 11 is 0. The lowest BCUT2D eigenvalue weighted by molar-refractivity contribution is -0.0602. The van der Waals surface area contributed by atoms with Crippen LogP contribution in [0, 0.1) is 17.2 Å². The van der Waals surface area contributed by atoms with E-state index in [1.54, 1.807) is 6.07 Å². The van der Waals surface area contributed by atoms with Gasteiger partial charge in [-0.05, 0) is 25.0 Å². The van der Waals surface area contributed by atoms with Crippen molar-refractivity contribution in [1.29, 1.82) is 5.26 Å². The van der Waals surface area contributed by atoms with Crippen LogP contribution in [0.15, 0.2) is 24.3 Å². The Morgan fingerprint density at radius 1 is 1.33 bits per heavy atom. The Balaban J connectivity index is 1.57. The fourth-order valence-electron chi connectivity index (χ4n) is 3.97. The third kappa shape index (κ3) is 3.89. The largest absolute Gasteiger partial charge is 0.491 e. The predicted molar refractivity (Wildman–Crippen MR) is 91.0 cm³/mol. The molecule has 0 spiro atoms. The number of nitriles is 1. The summed E-state index contributed by atoms with van der Waals surface area (Å²) in [5.74, 6) is 1.21. The van der Waals surface area contributed by atoms with E-state index in [4.69, 9.17) is 19.5 Å². The maximum atomic E-state index is 9.14. The number of rotatable bonds is 6. The van der Waals surface area contributed by atoms with Crippen LogP contribution in [0.5, 0.6) is 5.75 Å². The molecule has 1 saturated carbocycles. The molecule has 1 aliphatic heterocycles. The van der Waals surface area contributed by atoms with Gasteiger partial charge in [-0.15, -0.1) is 0 Å². The van der Waals surface area contributed by atoms with Gasteiger partial charge in [0.05, 0.1) is 24.9 Å². The Kier molecular flexibility index (Phi) is 6.08. The molecule has 130 valence electrons. The highest BCUT2D eigenvalue weighted by Crippen LogP contribution is 2.33. The average molecular weight is 330 g/mol. The SMILES string of the molecule is CO[C@@H]1CCC[C@@H]1[C@@H]1COCCN1CCOc1ccccc1C#N. The molecule has 0 N–H and O–H groups in total. The van der Waals surface area contributed by atoms with Gasteiger partial charge >= 0.3 is 0 Å². The number of benzene rings is 1. The lowest BCUT2D eigenvalue weighted by atomic mass is 9.94. The van der Waals surface area contributed by atoms with Gasteiger partial charge in [0, 0.05) is 32.2 Å². The van der Waals surface area contributed by atoms with Gasteiger partial charge in [-0.3, -0.25) is 4.90 Å². The van der Waals surface area contributed by atoms with Crippen molar-refractivity contribution in [3.8, 4) is 11.8 Å². The Morgan fingerprint density at radius 3 is 3.04 bits per heavy atom. The number of hydrogen-bond acceptors (Lipinski definition) is 5. The van der Waals surface area contributed by atoms with Crippen molar-refractivity contribution < 1.29 is 14.2 Å². The van der Waals surface area contributed by atoms with Crippen LogP contribution < -0.4 is 4.74 Å². The summed E-state index contributed by atoms with van der Waals surface area (Å²) in [6.45, 7) is 3.91. The molecule has 0 bridgehead atoms. The van der Waals surface area contributed by atoms with Gasteiger partial charge < -0.3 is 14.2 Å². The van der Waals surface area contributed by atoms with E-state index in [2.05, 4.69) is 11.0 Å². The minimum absolute atomic E-state index is 0.347. The highest BCUT2D eigenvalue weighted by Gasteiger charge is 2.38. The van der Waals surface area contributed by atoms with E-state index in [0.717, 1.165) is 32.7 Å². The summed E-state index contributed by atoms with van der Waals surface area (Å²) in [7, 11) is 1.82. The molecule has 1 aliphatic carbocycles. The second-order valence-corrected chi connectivity index (χ2v) is 6.50. The molecule has 0 amide bonds. The Bertz CT molecular complexity index is 572. The first-order valence-electron chi connectivity index (χ1n) is 8.80. The first-order valence-corrected chi connectivity index (χ1v) is 8.80. The quantitative estimate of drug-likeness (QED) is 0.802. The molecule has 2 fully saturated rings. The summed E-state index contributed by atoms with van der Waals surface area (Å²) in [5, 5.41) is 9.14. The predicted octanol–water partition coefficient (Wildman–Crippen LogP) is 2.45. The highest BCUT2D eigenvalue weighted by atomic mass is 16.5. The number of morpholine rings is 1. The van der Waals surface area contributed by atoms with E-state index in [1.807, 2.05) is 25.3 Å². The molecule has 0 unspecified atom stereocenters. The summed E-state index contributed by atoms with van der Waals surface area (Å²) in [6, 6.07) is 9.97. The van der Waals surface area contributed by atoms with E-state index in [-0.39, 0.29) is 0 Å². The van der Waals surface area contributed by atoms with Crippen molar-refractivity contribution >= 4 is 0 Å². The van der Waals surface area contributed by atoms with Gasteiger partial charge in [-0.25, -0.2) is 0 Å². The van der Waals surface area contributed by atoms with Crippen LogP contribution in [0.2, 0.25) is 0 Å². The van der Waals surface area contributed by atoms with Gasteiger partial charge in [0.25, 0.3) is 0 Å². The second kappa shape index (κ2) is 8.48. The van der Waals surface area contributed by atoms with Gasteiger partial charge in [-0.2, -0.15) is 5.26 Å². The molecular formula is C19H26N2O3. The van der Waals surface area contributed by atoms with Gasteiger partial charge in [-0.1, -0.05) is 18.6 Å². The number of ether oxygens (including phenoxy) is 3. The Labute approximate surface area is 144 Å². The third-order valence-corrected chi connectivity index (χ3v) is 5.22. The monoisotopic (exact) mass is 330 g/mol. The number of nitrogens with zero attached hydrogens (tertiary/aromatic N) is 2. The highest BCUT2D eigenvalue weighted by molar-refractivity contribution is 5.42. The van der Waals surface area contributed by atoms with Crippen molar-refractivity contribution in [2.45, 2.75) is 31.4 Å². The lowest BCUT2D eigenvalue weighted by Gasteiger charge is -2.40. The molecule has 5 heteroatoms. The molecule has 3 atom stereocenters. The first kappa shape index (κ1) is 17.2. The van der Waals surface area contributed by atoms with Crippen LogP contribution >= 0.6 is 0 Å². The van der Waals surface area contributed by atoms with E-state index >= 15 is 0 Å². The van der Waals surface area contributed by atoms with Crippen LogP contribution in [-0.4, -0.2) is 57.1 Å². The van der Waals surface area contributed by atoms with Gasteiger partial charge in [0.2, 0.25) is 0 Å². The minimum Gasteiger partial charge on any atom is -0.491 e. The smallest absolute Gasteiger partial charge is 0.137 e. The molecule has 0 aromatic heterocycles. The summed E-state index contributed by atoms with van der Waals surface area (Å²) in [6.07, 6.45) is 3.94. The molecule has 1 heterocycles. The zero-order chi connectivity index (χ0) is 16.8. The van der Waals surface area contributed by atoms with Crippen molar-refractivity contribution in [1.82, 2.24) is 4.90 Å². The van der Waals surface area contributed by atoms with Gasteiger partial charge in [0.15, 0.2) is 0 Å². The standard InChI is InChI=1S/C19H26N2O3/c1-22-19-8-4-6-16(19)17-14-23-11-9-21(17)10-12-24-18-7-3-2-5-15(18)13-20/h2-3,5,7,16-17,19H,4,6,8-12,14H2,1H3/t16-,17+,19-/m1/s1. The van der Waals surface area contributed by atoms with Crippen LogP contribution in [0.4, 0.5) is 0 Å². The fraction of sp³-hybridized carbons (Fsp3) is 0.632. The van der Waals surface area contributed by atoms with Crippen LogP contribution in [0.3, 0.4) is 0 Å². The molecule has 5 nitrogen and oxygen atoms in total. The maximum Gasteiger partial charge on any atom is 0.137 e. The van der Waals surface area contributed by atoms with Crippen molar-refractivity contribution in [2.75, 3.05) is 40.0 Å². The average Bonchev–Trinajstić information content (AvgIpc) is 3.11. The second-order valence-electron chi connectivity index (χ2n) is 6.50. The van der Waals surface area contributed by atoms with Crippen LogP contribution in [0.25, 0.3) is 0 Å². The zero-order valence-corrected chi connectivity index (χ0v) is 14.3. The third-order valence-electron chi connectivity index (χ3n) is 5.22. The van der Waals surface area contributed by atoms with Crippen molar-refractivity contribution in [3.63, 3.8) is 0 Å². The van der Waals surface area contributed by atoms with Gasteiger partial charge in [0.1, 0.15) is 18.4 Å². The van der Waals surface area contributed by atoms with E-state index < -0.39 is 0 Å². The fourth-order valence-corrected chi connectivity index (χ4v) is 3.97. The Morgan fingerprint density at radius 2 is 2.21 bits per heavy atom. The zero-order valence-electron chi connectivity index (χ0n) is 14.3. The molecule has 3 rings (SSSR count). The van der Waals surface area contributed by atoms with Crippen LogP contribution in [-0.2, 0) is 9.47 Å². The molecule has 1 aromatic carbocycles. The minimum atomic E-state index is 0.347. The lowest BCUT2D eigenvalue weighted by Crippen LogP contribution is -2.52. The summed E-state index contributed by atoms with van der Waals surface area (Å²) in [5.41, 5.74) is 0.589. The molecule has 1 aromatic rings. The number of hydrogen-bond donors (Lipinski definition) is 0. The molecular weight excluding hydrogens is 304 g/mol. The normalized spacial score (nSPS) is 27.8. The summed E-state index contributed by atoms with van der Waals surface area (Å²) < 4.78 is 17.3. The number of methoxy groups -OCH3 is 1. The van der Waals surface area contributed by atoms with E-state index in [1.165, 1.54) is 12.8 Å². The van der Waals surface area contributed by atoms with E-state index in [0.29, 0.717) is 36.0 Å². The molecule has 2 aliphatic rings. The molecule has 24 heavy (non-hydrogen) atoms. The molecule has 1 saturated heterocycles. The maximum absolute atomic E-state index is 9.14. The van der Waals surface area contributed by atoms with Crippen molar-refractivity contribution in [3.05, 3.63) is 29.8 Å². The van der Waals surface area contributed by atoms with E-state index in [9.17, 15) is 0 Å².